The van der Waals surface area contributed by atoms with Crippen molar-refractivity contribution in [1.82, 2.24) is 5.32 Å². The third-order valence-corrected chi connectivity index (χ3v) is 4.12. The van der Waals surface area contributed by atoms with Crippen molar-refractivity contribution < 1.29 is 24.1 Å². The highest BCUT2D eigenvalue weighted by atomic mass is 32.2. The number of nitrogens with one attached hydrogen (secondary N) is 1. The minimum Gasteiger partial charge on any atom is -0.493 e. The van der Waals surface area contributed by atoms with Gasteiger partial charge in [0.2, 0.25) is 11.7 Å². The molecule has 1 amide bonds. The van der Waals surface area contributed by atoms with Gasteiger partial charge in [0.15, 0.2) is 11.5 Å². The van der Waals surface area contributed by atoms with Crippen LogP contribution in [0.5, 0.6) is 17.2 Å². The maximum absolute atomic E-state index is 11.9. The topological polar surface area (TPSA) is 77.0 Å². The van der Waals surface area contributed by atoms with Crippen LogP contribution in [0.3, 0.4) is 0 Å². The summed E-state index contributed by atoms with van der Waals surface area (Å²) < 4.78 is 15.8. The minimum atomic E-state index is -0.935. The van der Waals surface area contributed by atoms with Gasteiger partial charge in [0.25, 0.3) is 0 Å². The molecule has 0 aliphatic carbocycles. The van der Waals surface area contributed by atoms with Crippen LogP contribution in [-0.2, 0) is 4.79 Å². The highest BCUT2D eigenvalue weighted by Crippen LogP contribution is 2.38. The fourth-order valence-electron chi connectivity index (χ4n) is 2.07. The van der Waals surface area contributed by atoms with E-state index in [1.807, 2.05) is 6.26 Å². The Morgan fingerprint density at radius 3 is 2.29 bits per heavy atom. The second-order valence-electron chi connectivity index (χ2n) is 5.44. The monoisotopic (exact) mass is 355 g/mol. The Morgan fingerprint density at radius 1 is 1.25 bits per heavy atom. The summed E-state index contributed by atoms with van der Waals surface area (Å²) in [4.78, 5) is 11.9. The van der Waals surface area contributed by atoms with Gasteiger partial charge in [0, 0.05) is 18.4 Å². The van der Waals surface area contributed by atoms with Crippen LogP contribution in [0.4, 0.5) is 0 Å². The van der Waals surface area contributed by atoms with Crippen molar-refractivity contribution in [1.29, 1.82) is 0 Å². The molecule has 1 rings (SSSR count). The molecule has 0 aliphatic rings. The molecular weight excluding hydrogens is 330 g/mol. The first kappa shape index (κ1) is 20.2. The van der Waals surface area contributed by atoms with Gasteiger partial charge in [-0.1, -0.05) is 0 Å². The van der Waals surface area contributed by atoms with Gasteiger partial charge < -0.3 is 24.6 Å². The fraction of sp³-hybridized carbons (Fsp3) is 0.471. The Kier molecular flexibility index (Phi) is 7.94. The van der Waals surface area contributed by atoms with Crippen molar-refractivity contribution in [2.45, 2.75) is 12.5 Å². The van der Waals surface area contributed by atoms with Crippen molar-refractivity contribution >= 4 is 23.7 Å². The van der Waals surface area contributed by atoms with Crippen molar-refractivity contribution in [2.75, 3.05) is 39.9 Å². The molecule has 0 fully saturated rings. The second-order valence-corrected chi connectivity index (χ2v) is 6.31. The minimum absolute atomic E-state index is 0.187. The first-order valence-electron chi connectivity index (χ1n) is 7.34. The van der Waals surface area contributed by atoms with E-state index in [9.17, 15) is 9.90 Å². The summed E-state index contributed by atoms with van der Waals surface area (Å²) >= 11 is 1.52. The highest BCUT2D eigenvalue weighted by molar-refractivity contribution is 7.98. The van der Waals surface area contributed by atoms with E-state index < -0.39 is 5.60 Å². The molecule has 1 atom stereocenters. The van der Waals surface area contributed by atoms with Crippen molar-refractivity contribution in [3.8, 4) is 17.2 Å². The van der Waals surface area contributed by atoms with Gasteiger partial charge >= 0.3 is 0 Å². The first-order chi connectivity index (χ1) is 11.4. The molecule has 0 spiro atoms. The van der Waals surface area contributed by atoms with Crippen LogP contribution in [0.2, 0.25) is 0 Å². The Labute approximate surface area is 147 Å². The number of hydrogen-bond donors (Lipinski definition) is 2. The van der Waals surface area contributed by atoms with Gasteiger partial charge in [0.05, 0.1) is 26.9 Å². The third-order valence-electron chi connectivity index (χ3n) is 3.21. The summed E-state index contributed by atoms with van der Waals surface area (Å²) in [5, 5.41) is 12.7. The summed E-state index contributed by atoms with van der Waals surface area (Å²) in [5.74, 6) is 1.78. The zero-order valence-corrected chi connectivity index (χ0v) is 15.5. The number of aliphatic hydroxyl groups is 1. The molecule has 7 heteroatoms. The molecule has 0 bridgehead atoms. The lowest BCUT2D eigenvalue weighted by Crippen LogP contribution is -2.41. The zero-order chi connectivity index (χ0) is 18.2. The molecule has 0 aromatic heterocycles. The Morgan fingerprint density at radius 2 is 1.83 bits per heavy atom. The molecule has 1 aromatic carbocycles. The average molecular weight is 355 g/mol. The van der Waals surface area contributed by atoms with E-state index in [-0.39, 0.29) is 12.5 Å². The third kappa shape index (κ3) is 5.98. The van der Waals surface area contributed by atoms with Crippen LogP contribution in [0.25, 0.3) is 6.08 Å². The molecule has 0 radical (unpaired) electrons. The van der Waals surface area contributed by atoms with E-state index in [2.05, 4.69) is 5.32 Å². The summed E-state index contributed by atoms with van der Waals surface area (Å²) in [6, 6.07) is 3.49. The van der Waals surface area contributed by atoms with E-state index in [1.54, 1.807) is 25.1 Å². The van der Waals surface area contributed by atoms with E-state index in [0.29, 0.717) is 23.0 Å². The maximum atomic E-state index is 11.9. The van der Waals surface area contributed by atoms with Gasteiger partial charge in [-0.2, -0.15) is 11.8 Å². The summed E-state index contributed by atoms with van der Waals surface area (Å²) in [6.45, 7) is 1.87. The highest BCUT2D eigenvalue weighted by Gasteiger charge is 2.19. The number of benzene rings is 1. The molecule has 24 heavy (non-hydrogen) atoms. The van der Waals surface area contributed by atoms with Crippen LogP contribution in [0, 0.1) is 0 Å². The second kappa shape index (κ2) is 9.44. The van der Waals surface area contributed by atoms with Crippen LogP contribution >= 0.6 is 11.8 Å². The number of rotatable bonds is 9. The molecule has 134 valence electrons. The van der Waals surface area contributed by atoms with Gasteiger partial charge in [-0.25, -0.2) is 0 Å². The lowest BCUT2D eigenvalue weighted by Gasteiger charge is -2.21. The molecule has 1 unspecified atom stereocenters. The normalized spacial score (nSPS) is 13.4. The smallest absolute Gasteiger partial charge is 0.244 e. The van der Waals surface area contributed by atoms with Gasteiger partial charge in [-0.05, 0) is 37.0 Å². The van der Waals surface area contributed by atoms with Crippen LogP contribution < -0.4 is 19.5 Å². The van der Waals surface area contributed by atoms with Crippen LogP contribution in [-0.4, -0.2) is 56.5 Å². The number of thioether (sulfide) groups is 1. The lowest BCUT2D eigenvalue weighted by atomic mass is 10.1. The summed E-state index contributed by atoms with van der Waals surface area (Å²) in [6.07, 6.45) is 4.94. The molecule has 1 aromatic rings. The van der Waals surface area contributed by atoms with Crippen LogP contribution in [0.1, 0.15) is 12.5 Å². The summed E-state index contributed by atoms with van der Waals surface area (Å²) in [5.41, 5.74) is -0.203. The predicted octanol–water partition coefficient (Wildman–Crippen LogP) is 1.96. The van der Waals surface area contributed by atoms with Gasteiger partial charge in [-0.15, -0.1) is 0 Å². The van der Waals surface area contributed by atoms with Crippen molar-refractivity contribution in [3.05, 3.63) is 23.8 Å². The Bertz CT molecular complexity index is 561. The van der Waals surface area contributed by atoms with E-state index >= 15 is 0 Å². The molecule has 6 nitrogen and oxygen atoms in total. The number of ether oxygens (including phenoxy) is 3. The quantitative estimate of drug-likeness (QED) is 0.660. The Balaban J connectivity index is 2.81. The first-order valence-corrected chi connectivity index (χ1v) is 8.73. The fourth-order valence-corrected chi connectivity index (χ4v) is 2.79. The van der Waals surface area contributed by atoms with Gasteiger partial charge in [0.1, 0.15) is 0 Å². The van der Waals surface area contributed by atoms with Crippen molar-refractivity contribution in [2.24, 2.45) is 0 Å². The summed E-state index contributed by atoms with van der Waals surface area (Å²) in [7, 11) is 4.60. The van der Waals surface area contributed by atoms with E-state index in [0.717, 1.165) is 5.56 Å². The number of carbonyl (C=O) groups is 1. The molecule has 0 heterocycles. The molecule has 0 saturated carbocycles. The molecular formula is C17H25NO5S. The lowest BCUT2D eigenvalue weighted by molar-refractivity contribution is -0.117. The molecule has 0 aliphatic heterocycles. The van der Waals surface area contributed by atoms with Gasteiger partial charge in [-0.3, -0.25) is 4.79 Å². The number of methoxy groups -OCH3 is 3. The SMILES string of the molecule is COc1cc(/C=C/C(=O)NCC(C)(O)CSC)cc(OC)c1OC. The van der Waals surface area contributed by atoms with E-state index in [4.69, 9.17) is 14.2 Å². The standard InChI is InChI=1S/C17H25NO5S/c1-17(20,11-24-5)10-18-15(19)7-6-12-8-13(21-2)16(23-4)14(9-12)22-3/h6-9,20H,10-11H2,1-5H3,(H,18,19)/b7-6+. The number of hydrogen-bond acceptors (Lipinski definition) is 6. The number of amides is 1. The van der Waals surface area contributed by atoms with E-state index in [1.165, 1.54) is 39.2 Å². The molecule has 2 N–H and O–H groups in total. The predicted molar refractivity (Wildman–Crippen MR) is 97.1 cm³/mol. The average Bonchev–Trinajstić information content (AvgIpc) is 2.57. The zero-order valence-electron chi connectivity index (χ0n) is 14.7. The van der Waals surface area contributed by atoms with Crippen LogP contribution in [0.15, 0.2) is 18.2 Å². The van der Waals surface area contributed by atoms with Crippen molar-refractivity contribution in [3.63, 3.8) is 0 Å². The molecule has 0 saturated heterocycles. The largest absolute Gasteiger partial charge is 0.493 e. The maximum Gasteiger partial charge on any atom is 0.244 e. The Hall–Kier alpha value is -1.86. The number of carbonyl (C=O) groups excluding carboxylic acids is 1.